The van der Waals surface area contributed by atoms with Crippen molar-refractivity contribution in [2.75, 3.05) is 5.01 Å². The minimum absolute atomic E-state index is 0.297. The molecule has 1 aliphatic heterocycles. The van der Waals surface area contributed by atoms with Gasteiger partial charge >= 0.3 is 0 Å². The molecule has 0 amide bonds. The van der Waals surface area contributed by atoms with Gasteiger partial charge in [-0.15, -0.1) is 0 Å². The molecule has 0 unspecified atom stereocenters. The van der Waals surface area contributed by atoms with Crippen LogP contribution in [0.3, 0.4) is 0 Å². The van der Waals surface area contributed by atoms with Gasteiger partial charge in [0.05, 0.1) is 17.3 Å². The zero-order valence-corrected chi connectivity index (χ0v) is 10.6. The van der Waals surface area contributed by atoms with Crippen molar-refractivity contribution < 1.29 is 4.39 Å². The van der Waals surface area contributed by atoms with E-state index in [0.29, 0.717) is 11.3 Å². The van der Waals surface area contributed by atoms with Gasteiger partial charge in [0.25, 0.3) is 0 Å². The van der Waals surface area contributed by atoms with Crippen molar-refractivity contribution in [3.05, 3.63) is 60.3 Å². The van der Waals surface area contributed by atoms with Gasteiger partial charge in [-0.3, -0.25) is 0 Å². The molecular weight excluding hydrogens is 255 g/mol. The van der Waals surface area contributed by atoms with E-state index in [4.69, 9.17) is 5.26 Å². The highest BCUT2D eigenvalue weighted by molar-refractivity contribution is 5.65. The van der Waals surface area contributed by atoms with E-state index in [1.807, 2.05) is 43.0 Å². The van der Waals surface area contributed by atoms with Crippen LogP contribution in [0.4, 0.5) is 10.1 Å². The highest BCUT2D eigenvalue weighted by atomic mass is 19.1. The lowest BCUT2D eigenvalue weighted by Crippen LogP contribution is -2.09. The molecule has 1 aromatic heterocycles. The van der Waals surface area contributed by atoms with Crippen LogP contribution in [0.2, 0.25) is 0 Å². The van der Waals surface area contributed by atoms with Gasteiger partial charge in [-0.2, -0.15) is 10.4 Å². The first-order valence-corrected chi connectivity index (χ1v) is 6.14. The number of benzene rings is 1. The maximum absolute atomic E-state index is 13.5. The Morgan fingerprint density at radius 3 is 2.90 bits per heavy atom. The van der Waals surface area contributed by atoms with E-state index in [1.165, 1.54) is 12.1 Å². The number of nitrogens with zero attached hydrogens (tertiary/aromatic N) is 4. The molecule has 3 rings (SSSR count). The van der Waals surface area contributed by atoms with Crippen LogP contribution >= 0.6 is 0 Å². The van der Waals surface area contributed by atoms with Crippen molar-refractivity contribution in [1.29, 1.82) is 5.26 Å². The van der Waals surface area contributed by atoms with Crippen LogP contribution in [-0.4, -0.2) is 10.8 Å². The number of hydrazone groups is 1. The lowest BCUT2D eigenvalue weighted by molar-refractivity contribution is 0.626. The van der Waals surface area contributed by atoms with Crippen LogP contribution in [0.15, 0.2) is 54.0 Å². The minimum atomic E-state index is -0.426. The van der Waals surface area contributed by atoms with Gasteiger partial charge in [0, 0.05) is 36.9 Å². The monoisotopic (exact) mass is 266 g/mol. The number of nitriles is 1. The second-order valence-electron chi connectivity index (χ2n) is 4.35. The highest BCUT2D eigenvalue weighted by Crippen LogP contribution is 2.21. The van der Waals surface area contributed by atoms with E-state index in [-0.39, 0.29) is 0 Å². The summed E-state index contributed by atoms with van der Waals surface area (Å²) in [4.78, 5) is 0. The maximum atomic E-state index is 13.5. The summed E-state index contributed by atoms with van der Waals surface area (Å²) in [5, 5.41) is 14.9. The fraction of sp³-hybridized carbons (Fsp3) is 0.0667. The van der Waals surface area contributed by atoms with E-state index in [0.717, 1.165) is 12.1 Å². The van der Waals surface area contributed by atoms with Crippen molar-refractivity contribution in [2.45, 2.75) is 6.42 Å². The summed E-state index contributed by atoms with van der Waals surface area (Å²) in [7, 11) is 0. The lowest BCUT2D eigenvalue weighted by atomic mass is 10.2. The second-order valence-corrected chi connectivity index (χ2v) is 4.35. The molecule has 4 nitrogen and oxygen atoms in total. The Labute approximate surface area is 115 Å². The standard InChI is InChI=1S/C15H11FN4/c16-13-7-12(10-17)8-15(9-13)19-6-3-14(11-19)20-5-2-1-4-18-20/h2-9,11H,1H2. The van der Waals surface area contributed by atoms with Crippen molar-refractivity contribution in [3.8, 4) is 11.8 Å². The predicted octanol–water partition coefficient (Wildman–Crippen LogP) is 3.20. The highest BCUT2D eigenvalue weighted by Gasteiger charge is 2.07. The van der Waals surface area contributed by atoms with E-state index >= 15 is 0 Å². The molecule has 1 aromatic carbocycles. The predicted molar refractivity (Wildman–Crippen MR) is 75.2 cm³/mol. The average molecular weight is 266 g/mol. The van der Waals surface area contributed by atoms with E-state index in [1.54, 1.807) is 15.6 Å². The van der Waals surface area contributed by atoms with Crippen molar-refractivity contribution in [2.24, 2.45) is 5.10 Å². The number of halogens is 1. The zero-order valence-electron chi connectivity index (χ0n) is 10.6. The average Bonchev–Trinajstić information content (AvgIpc) is 2.97. The third-order valence-electron chi connectivity index (χ3n) is 2.95. The summed E-state index contributed by atoms with van der Waals surface area (Å²) >= 11 is 0. The van der Waals surface area contributed by atoms with E-state index in [9.17, 15) is 4.39 Å². The summed E-state index contributed by atoms with van der Waals surface area (Å²) < 4.78 is 15.2. The SMILES string of the molecule is N#Cc1cc(F)cc(-n2ccc(N3C=CCC=N3)c2)c1. The van der Waals surface area contributed by atoms with Gasteiger partial charge in [0.2, 0.25) is 0 Å². The molecule has 20 heavy (non-hydrogen) atoms. The Morgan fingerprint density at radius 1 is 1.25 bits per heavy atom. The molecule has 0 N–H and O–H groups in total. The van der Waals surface area contributed by atoms with Crippen molar-refractivity contribution in [1.82, 2.24) is 4.57 Å². The zero-order chi connectivity index (χ0) is 13.9. The summed E-state index contributed by atoms with van der Waals surface area (Å²) in [5.41, 5.74) is 1.78. The number of hydrogen-bond donors (Lipinski definition) is 0. The Balaban J connectivity index is 1.96. The summed E-state index contributed by atoms with van der Waals surface area (Å²) in [6, 6.07) is 8.07. The Bertz CT molecular complexity index is 725. The second kappa shape index (κ2) is 5.02. The number of hydrogen-bond acceptors (Lipinski definition) is 3. The molecule has 2 aromatic rings. The van der Waals surface area contributed by atoms with Gasteiger partial charge in [0.15, 0.2) is 0 Å². The van der Waals surface area contributed by atoms with Crippen molar-refractivity contribution >= 4 is 11.9 Å². The molecule has 2 heterocycles. The summed E-state index contributed by atoms with van der Waals surface area (Å²) in [6.45, 7) is 0. The first kappa shape index (κ1) is 12.2. The van der Waals surface area contributed by atoms with Crippen LogP contribution in [0.1, 0.15) is 12.0 Å². The van der Waals surface area contributed by atoms with Crippen LogP contribution in [-0.2, 0) is 0 Å². The number of allylic oxidation sites excluding steroid dienone is 1. The van der Waals surface area contributed by atoms with Crippen molar-refractivity contribution in [3.63, 3.8) is 0 Å². The molecule has 0 spiro atoms. The Morgan fingerprint density at radius 2 is 2.15 bits per heavy atom. The van der Waals surface area contributed by atoms with E-state index in [2.05, 4.69) is 5.10 Å². The number of anilines is 1. The molecule has 98 valence electrons. The molecule has 0 bridgehead atoms. The first-order chi connectivity index (χ1) is 9.76. The fourth-order valence-electron chi connectivity index (χ4n) is 2.02. The summed E-state index contributed by atoms with van der Waals surface area (Å²) in [6.07, 6.45) is 10.2. The molecule has 0 aliphatic carbocycles. The quantitative estimate of drug-likeness (QED) is 0.837. The van der Waals surface area contributed by atoms with Crippen LogP contribution in [0, 0.1) is 17.1 Å². The lowest BCUT2D eigenvalue weighted by Gasteiger charge is -2.14. The van der Waals surface area contributed by atoms with Gasteiger partial charge in [-0.1, -0.05) is 6.08 Å². The Kier molecular flexibility index (Phi) is 3.05. The minimum Gasteiger partial charge on any atom is -0.321 e. The third kappa shape index (κ3) is 2.31. The van der Waals surface area contributed by atoms with E-state index < -0.39 is 5.82 Å². The molecule has 0 fully saturated rings. The first-order valence-electron chi connectivity index (χ1n) is 6.14. The maximum Gasteiger partial charge on any atom is 0.126 e. The van der Waals surface area contributed by atoms with Gasteiger partial charge in [0.1, 0.15) is 5.82 Å². The van der Waals surface area contributed by atoms with Gasteiger partial charge in [-0.05, 0) is 24.3 Å². The fourth-order valence-corrected chi connectivity index (χ4v) is 2.02. The van der Waals surface area contributed by atoms with Crippen LogP contribution in [0.25, 0.3) is 5.69 Å². The smallest absolute Gasteiger partial charge is 0.126 e. The molecule has 1 aliphatic rings. The van der Waals surface area contributed by atoms with Crippen LogP contribution < -0.4 is 5.01 Å². The molecule has 0 atom stereocenters. The molecule has 0 saturated carbocycles. The largest absolute Gasteiger partial charge is 0.321 e. The number of rotatable bonds is 2. The van der Waals surface area contributed by atoms with Crippen LogP contribution in [0.5, 0.6) is 0 Å². The summed E-state index contributed by atoms with van der Waals surface area (Å²) in [5.74, 6) is -0.426. The topological polar surface area (TPSA) is 44.3 Å². The number of aromatic nitrogens is 1. The normalized spacial score (nSPS) is 13.5. The Hall–Kier alpha value is -2.87. The molecular formula is C15H11FN4. The molecule has 0 saturated heterocycles. The third-order valence-corrected chi connectivity index (χ3v) is 2.95. The van der Waals surface area contributed by atoms with Gasteiger partial charge in [-0.25, -0.2) is 9.40 Å². The molecule has 5 heteroatoms. The molecule has 0 radical (unpaired) electrons. The van der Waals surface area contributed by atoms with Gasteiger partial charge < -0.3 is 4.57 Å².